The third-order valence-electron chi connectivity index (χ3n) is 8.24. The number of likely N-dealkylation sites (tertiary alicyclic amines) is 1. The second-order valence-electron chi connectivity index (χ2n) is 11.1. The van der Waals surface area contributed by atoms with Crippen molar-refractivity contribution in [3.8, 4) is 0 Å². The van der Waals surface area contributed by atoms with Gasteiger partial charge in [0.15, 0.2) is 14.9 Å². The first-order chi connectivity index (χ1) is 15.3. The summed E-state index contributed by atoms with van der Waals surface area (Å²) in [5, 5.41) is 11.7. The predicted molar refractivity (Wildman–Crippen MR) is 124 cm³/mol. The molecule has 4 fully saturated rings. The number of hydrogen-bond acceptors (Lipinski definition) is 7. The molecule has 1 N–H and O–H groups in total. The highest BCUT2D eigenvalue weighted by molar-refractivity contribution is 7.92. The van der Waals surface area contributed by atoms with Gasteiger partial charge in [-0.05, 0) is 76.3 Å². The van der Waals surface area contributed by atoms with Crippen molar-refractivity contribution in [2.75, 3.05) is 25.0 Å². The van der Waals surface area contributed by atoms with Gasteiger partial charge in [0.2, 0.25) is 0 Å². The third kappa shape index (κ3) is 4.68. The summed E-state index contributed by atoms with van der Waals surface area (Å²) in [7, 11) is -3.36. The van der Waals surface area contributed by atoms with E-state index >= 15 is 0 Å². The molecule has 2 saturated carbocycles. The molecule has 0 spiro atoms. The van der Waals surface area contributed by atoms with E-state index < -0.39 is 9.84 Å². The molecule has 2 aliphatic heterocycles. The van der Waals surface area contributed by atoms with Crippen molar-refractivity contribution in [3.05, 3.63) is 12.1 Å². The molecule has 4 aliphatic rings. The normalized spacial score (nSPS) is 33.8. The Bertz CT molecular complexity index is 884. The third-order valence-corrected chi connectivity index (χ3v) is 10.4. The molecule has 0 amide bonds. The number of anilines is 1. The van der Waals surface area contributed by atoms with E-state index in [4.69, 9.17) is 4.74 Å². The van der Waals surface area contributed by atoms with Gasteiger partial charge in [-0.1, -0.05) is 19.3 Å². The van der Waals surface area contributed by atoms with Crippen molar-refractivity contribution in [1.29, 1.82) is 0 Å². The first-order valence-corrected chi connectivity index (χ1v) is 14.1. The standard InChI is InChI=1S/C24H38N4O3S/c1-24(2)14-20(10-11-31-24)28-15-17-12-19(13-18(17)16-28)25-22-8-9-23(27-26-22)32(29,30)21-6-4-3-5-7-21/h8-9,17-21H,3-7,10-16H2,1-2H3,(H,25,26). The van der Waals surface area contributed by atoms with Gasteiger partial charge in [-0.2, -0.15) is 0 Å². The highest BCUT2D eigenvalue weighted by Crippen LogP contribution is 2.41. The zero-order valence-electron chi connectivity index (χ0n) is 19.5. The van der Waals surface area contributed by atoms with E-state index in [2.05, 4.69) is 34.3 Å². The van der Waals surface area contributed by atoms with Crippen molar-refractivity contribution < 1.29 is 13.2 Å². The van der Waals surface area contributed by atoms with E-state index in [0.29, 0.717) is 17.9 Å². The second-order valence-corrected chi connectivity index (χ2v) is 13.3. The molecule has 3 unspecified atom stereocenters. The van der Waals surface area contributed by atoms with Crippen molar-refractivity contribution in [2.45, 2.75) is 99.6 Å². The van der Waals surface area contributed by atoms with Crippen LogP contribution in [0, 0.1) is 11.8 Å². The average molecular weight is 463 g/mol. The minimum absolute atomic E-state index is 0.00000502. The van der Waals surface area contributed by atoms with E-state index in [1.165, 1.54) is 13.1 Å². The maximum Gasteiger partial charge on any atom is 0.200 e. The molecule has 3 atom stereocenters. The quantitative estimate of drug-likeness (QED) is 0.715. The number of rotatable bonds is 5. The SMILES string of the molecule is CC1(C)CC(N2CC3CC(Nc4ccc(S(=O)(=O)C5CCCCC5)nn4)CC3C2)CCO1. The molecule has 2 aliphatic carbocycles. The molecule has 7 nitrogen and oxygen atoms in total. The Balaban J connectivity index is 1.14. The van der Waals surface area contributed by atoms with Crippen LogP contribution in [0.3, 0.4) is 0 Å². The smallest absolute Gasteiger partial charge is 0.200 e. The van der Waals surface area contributed by atoms with Crippen molar-refractivity contribution in [1.82, 2.24) is 15.1 Å². The predicted octanol–water partition coefficient (Wildman–Crippen LogP) is 3.66. The lowest BCUT2D eigenvalue weighted by molar-refractivity contribution is -0.0811. The Morgan fingerprint density at radius 2 is 1.75 bits per heavy atom. The molecule has 1 aromatic heterocycles. The Labute approximate surface area is 192 Å². The Hall–Kier alpha value is -1.25. The van der Waals surface area contributed by atoms with Crippen molar-refractivity contribution in [2.24, 2.45) is 11.8 Å². The molecule has 0 radical (unpaired) electrons. The molecule has 2 saturated heterocycles. The Morgan fingerprint density at radius 3 is 2.38 bits per heavy atom. The number of ether oxygens (including phenoxy) is 1. The zero-order chi connectivity index (χ0) is 22.3. The van der Waals surface area contributed by atoms with Gasteiger partial charge in [-0.3, -0.25) is 4.90 Å². The van der Waals surface area contributed by atoms with Crippen LogP contribution in [0.15, 0.2) is 17.2 Å². The van der Waals surface area contributed by atoms with E-state index in [1.807, 2.05) is 0 Å². The molecule has 0 aromatic carbocycles. The summed E-state index contributed by atoms with van der Waals surface area (Å²) in [6.07, 6.45) is 9.18. The van der Waals surface area contributed by atoms with Crippen LogP contribution in [-0.4, -0.2) is 66.1 Å². The Kier molecular flexibility index (Phi) is 6.22. The first kappa shape index (κ1) is 22.5. The van der Waals surface area contributed by atoms with Gasteiger partial charge in [-0.15, -0.1) is 10.2 Å². The fourth-order valence-electron chi connectivity index (χ4n) is 6.57. The van der Waals surface area contributed by atoms with E-state index in [-0.39, 0.29) is 15.9 Å². The summed E-state index contributed by atoms with van der Waals surface area (Å²) < 4.78 is 31.6. The van der Waals surface area contributed by atoms with E-state index in [9.17, 15) is 8.42 Å². The van der Waals surface area contributed by atoms with Gasteiger partial charge in [-0.25, -0.2) is 8.42 Å². The van der Waals surface area contributed by atoms with Gasteiger partial charge >= 0.3 is 0 Å². The van der Waals surface area contributed by atoms with Crippen LogP contribution < -0.4 is 5.32 Å². The summed E-state index contributed by atoms with van der Waals surface area (Å²) in [6.45, 7) is 7.67. The first-order valence-electron chi connectivity index (χ1n) is 12.5. The van der Waals surface area contributed by atoms with Crippen LogP contribution >= 0.6 is 0 Å². The lowest BCUT2D eigenvalue weighted by Gasteiger charge is -2.40. The van der Waals surface area contributed by atoms with Crippen LogP contribution in [0.25, 0.3) is 0 Å². The molecule has 5 rings (SSSR count). The summed E-state index contributed by atoms with van der Waals surface area (Å²) >= 11 is 0. The maximum absolute atomic E-state index is 12.8. The van der Waals surface area contributed by atoms with Gasteiger partial charge < -0.3 is 10.1 Å². The van der Waals surface area contributed by atoms with Crippen LogP contribution in [0.5, 0.6) is 0 Å². The summed E-state index contributed by atoms with van der Waals surface area (Å²) in [4.78, 5) is 2.71. The summed E-state index contributed by atoms with van der Waals surface area (Å²) in [6, 6.07) is 4.49. The van der Waals surface area contributed by atoms with Gasteiger partial charge in [0.05, 0.1) is 10.9 Å². The zero-order valence-corrected chi connectivity index (χ0v) is 20.3. The van der Waals surface area contributed by atoms with E-state index in [0.717, 1.165) is 76.2 Å². The molecular formula is C24H38N4O3S. The fourth-order valence-corrected chi connectivity index (χ4v) is 8.28. The van der Waals surface area contributed by atoms with Crippen LogP contribution in [-0.2, 0) is 14.6 Å². The Morgan fingerprint density at radius 1 is 1.03 bits per heavy atom. The maximum atomic E-state index is 12.8. The number of nitrogens with zero attached hydrogens (tertiary/aromatic N) is 3. The average Bonchev–Trinajstić information content (AvgIpc) is 3.33. The van der Waals surface area contributed by atoms with Gasteiger partial charge in [0, 0.05) is 31.8 Å². The topological polar surface area (TPSA) is 84.4 Å². The summed E-state index contributed by atoms with van der Waals surface area (Å²) in [5.74, 6) is 2.16. The monoisotopic (exact) mass is 462 g/mol. The van der Waals surface area contributed by atoms with Crippen LogP contribution in [0.2, 0.25) is 0 Å². The largest absolute Gasteiger partial charge is 0.375 e. The highest BCUT2D eigenvalue weighted by Gasteiger charge is 2.44. The fraction of sp³-hybridized carbons (Fsp3) is 0.833. The lowest BCUT2D eigenvalue weighted by Crippen LogP contribution is -2.45. The van der Waals surface area contributed by atoms with Crippen molar-refractivity contribution in [3.63, 3.8) is 0 Å². The number of aromatic nitrogens is 2. The molecule has 178 valence electrons. The van der Waals surface area contributed by atoms with Crippen molar-refractivity contribution >= 4 is 15.7 Å². The minimum Gasteiger partial charge on any atom is -0.375 e. The van der Waals surface area contributed by atoms with Gasteiger partial charge in [0.25, 0.3) is 0 Å². The van der Waals surface area contributed by atoms with E-state index in [1.54, 1.807) is 12.1 Å². The molecule has 8 heteroatoms. The number of hydrogen-bond donors (Lipinski definition) is 1. The minimum atomic E-state index is -3.36. The summed E-state index contributed by atoms with van der Waals surface area (Å²) in [5.41, 5.74) is 0.00000502. The second kappa shape index (κ2) is 8.84. The van der Waals surface area contributed by atoms with Crippen LogP contribution in [0.4, 0.5) is 5.82 Å². The molecule has 32 heavy (non-hydrogen) atoms. The molecular weight excluding hydrogens is 424 g/mol. The van der Waals surface area contributed by atoms with Crippen LogP contribution in [0.1, 0.15) is 71.6 Å². The number of sulfone groups is 1. The lowest BCUT2D eigenvalue weighted by atomic mass is 9.93. The number of nitrogens with one attached hydrogen (secondary N) is 1. The highest BCUT2D eigenvalue weighted by atomic mass is 32.2. The van der Waals surface area contributed by atoms with Gasteiger partial charge in [0.1, 0.15) is 5.82 Å². The number of fused-ring (bicyclic) bond motifs is 1. The molecule has 3 heterocycles. The molecule has 0 bridgehead atoms. The molecule has 1 aromatic rings.